The van der Waals surface area contributed by atoms with Crippen LogP contribution in [0.15, 0.2) is 29.6 Å². The van der Waals surface area contributed by atoms with Gasteiger partial charge in [-0.2, -0.15) is 0 Å². The topological polar surface area (TPSA) is 20.2 Å². The van der Waals surface area contributed by atoms with Gasteiger partial charge in [-0.15, -0.1) is 11.3 Å². The van der Waals surface area contributed by atoms with E-state index in [4.69, 9.17) is 0 Å². The summed E-state index contributed by atoms with van der Waals surface area (Å²) in [5.41, 5.74) is 4.77. The van der Waals surface area contributed by atoms with Crippen molar-refractivity contribution >= 4 is 11.3 Å². The zero-order valence-electron chi connectivity index (χ0n) is 10.5. The van der Waals surface area contributed by atoms with E-state index in [9.17, 15) is 5.11 Å². The number of aliphatic hydroxyl groups is 1. The summed E-state index contributed by atoms with van der Waals surface area (Å²) in [6.45, 7) is 6.27. The minimum atomic E-state index is -0.395. The maximum atomic E-state index is 10.3. The molecule has 2 heteroatoms. The Morgan fingerprint density at radius 2 is 1.82 bits per heavy atom. The van der Waals surface area contributed by atoms with E-state index < -0.39 is 6.10 Å². The molecule has 0 amide bonds. The SMILES string of the molecule is Cc1cc(C)c(C(O)Cc2cccs2)cc1C. The van der Waals surface area contributed by atoms with Gasteiger partial charge >= 0.3 is 0 Å². The van der Waals surface area contributed by atoms with Gasteiger partial charge in [0.1, 0.15) is 0 Å². The summed E-state index contributed by atoms with van der Waals surface area (Å²) in [5, 5.41) is 12.3. The first kappa shape index (κ1) is 12.3. The van der Waals surface area contributed by atoms with Crippen LogP contribution in [0, 0.1) is 20.8 Å². The molecule has 1 atom stereocenters. The Bertz CT molecular complexity index is 500. The second-order valence-corrected chi connectivity index (χ2v) is 5.62. The molecule has 0 radical (unpaired) electrons. The van der Waals surface area contributed by atoms with Crippen molar-refractivity contribution < 1.29 is 5.11 Å². The van der Waals surface area contributed by atoms with Gasteiger partial charge < -0.3 is 5.11 Å². The lowest BCUT2D eigenvalue weighted by atomic mass is 9.95. The van der Waals surface area contributed by atoms with Gasteiger partial charge in [-0.1, -0.05) is 18.2 Å². The molecule has 1 N–H and O–H groups in total. The van der Waals surface area contributed by atoms with E-state index in [0.717, 1.165) is 5.56 Å². The Morgan fingerprint density at radius 1 is 1.12 bits per heavy atom. The van der Waals surface area contributed by atoms with Gasteiger partial charge in [-0.05, 0) is 54.5 Å². The smallest absolute Gasteiger partial charge is 0.0840 e. The predicted octanol–water partition coefficient (Wildman–Crippen LogP) is 3.95. The molecule has 1 aromatic heterocycles. The van der Waals surface area contributed by atoms with Crippen molar-refractivity contribution in [2.45, 2.75) is 33.3 Å². The first-order valence-electron chi connectivity index (χ1n) is 5.86. The predicted molar refractivity (Wildman–Crippen MR) is 73.6 cm³/mol. The molecule has 0 aliphatic rings. The van der Waals surface area contributed by atoms with Crippen molar-refractivity contribution in [1.29, 1.82) is 0 Å². The maximum Gasteiger partial charge on any atom is 0.0840 e. The van der Waals surface area contributed by atoms with Crippen LogP contribution in [0.1, 0.15) is 33.2 Å². The van der Waals surface area contributed by atoms with Gasteiger partial charge in [-0.25, -0.2) is 0 Å². The number of aliphatic hydroxyl groups excluding tert-OH is 1. The third-order valence-electron chi connectivity index (χ3n) is 3.22. The highest BCUT2D eigenvalue weighted by molar-refractivity contribution is 7.09. The molecule has 0 aliphatic carbocycles. The summed E-state index contributed by atoms with van der Waals surface area (Å²) in [5.74, 6) is 0. The van der Waals surface area contributed by atoms with Gasteiger partial charge in [0.2, 0.25) is 0 Å². The Morgan fingerprint density at radius 3 is 2.47 bits per heavy atom. The van der Waals surface area contributed by atoms with Gasteiger partial charge in [0.25, 0.3) is 0 Å². The average molecular weight is 246 g/mol. The van der Waals surface area contributed by atoms with Crippen LogP contribution in [0.5, 0.6) is 0 Å². The molecule has 1 unspecified atom stereocenters. The van der Waals surface area contributed by atoms with Gasteiger partial charge in [-0.3, -0.25) is 0 Å². The Balaban J connectivity index is 2.24. The van der Waals surface area contributed by atoms with Gasteiger partial charge in [0.05, 0.1) is 6.10 Å². The lowest BCUT2D eigenvalue weighted by molar-refractivity contribution is 0.178. The summed E-state index contributed by atoms with van der Waals surface area (Å²) < 4.78 is 0. The second kappa shape index (κ2) is 5.03. The molecular formula is C15H18OS. The van der Waals surface area contributed by atoms with Crippen molar-refractivity contribution in [3.05, 3.63) is 56.8 Å². The molecule has 2 rings (SSSR count). The fourth-order valence-corrected chi connectivity index (χ4v) is 2.81. The van der Waals surface area contributed by atoms with E-state index >= 15 is 0 Å². The van der Waals surface area contributed by atoms with Crippen LogP contribution in [0.3, 0.4) is 0 Å². The number of thiophene rings is 1. The highest BCUT2D eigenvalue weighted by Crippen LogP contribution is 2.26. The first-order chi connectivity index (χ1) is 8.08. The average Bonchev–Trinajstić information content (AvgIpc) is 2.76. The molecule has 1 aromatic carbocycles. The molecule has 2 aromatic rings. The summed E-state index contributed by atoms with van der Waals surface area (Å²) in [6, 6.07) is 8.37. The summed E-state index contributed by atoms with van der Waals surface area (Å²) in [4.78, 5) is 1.23. The molecule has 0 saturated carbocycles. The molecule has 1 heterocycles. The largest absolute Gasteiger partial charge is 0.388 e. The third kappa shape index (κ3) is 2.76. The summed E-state index contributed by atoms with van der Waals surface area (Å²) in [6.07, 6.45) is 0.314. The van der Waals surface area contributed by atoms with Crippen LogP contribution in [-0.2, 0) is 6.42 Å². The van der Waals surface area contributed by atoms with E-state index in [1.807, 2.05) is 6.07 Å². The molecule has 0 bridgehead atoms. The minimum Gasteiger partial charge on any atom is -0.388 e. The molecule has 0 saturated heterocycles. The highest BCUT2D eigenvalue weighted by Gasteiger charge is 2.12. The zero-order chi connectivity index (χ0) is 12.4. The van der Waals surface area contributed by atoms with E-state index in [1.54, 1.807) is 11.3 Å². The van der Waals surface area contributed by atoms with Crippen molar-refractivity contribution in [2.75, 3.05) is 0 Å². The van der Waals surface area contributed by atoms with Crippen LogP contribution in [0.2, 0.25) is 0 Å². The fourth-order valence-electron chi connectivity index (χ4n) is 2.07. The van der Waals surface area contributed by atoms with E-state index in [0.29, 0.717) is 6.42 Å². The van der Waals surface area contributed by atoms with Crippen molar-refractivity contribution in [1.82, 2.24) is 0 Å². The van der Waals surface area contributed by atoms with Gasteiger partial charge in [0.15, 0.2) is 0 Å². The monoisotopic (exact) mass is 246 g/mol. The van der Waals surface area contributed by atoms with Crippen molar-refractivity contribution in [3.8, 4) is 0 Å². The molecule has 0 spiro atoms. The molecule has 0 fully saturated rings. The van der Waals surface area contributed by atoms with E-state index in [-0.39, 0.29) is 0 Å². The standard InChI is InChI=1S/C15H18OS/c1-10-7-12(3)14(8-11(10)2)15(16)9-13-5-4-6-17-13/h4-8,15-16H,9H2,1-3H3. The van der Waals surface area contributed by atoms with Crippen LogP contribution >= 0.6 is 11.3 Å². The lowest BCUT2D eigenvalue weighted by Crippen LogP contribution is -2.04. The van der Waals surface area contributed by atoms with Crippen LogP contribution in [0.25, 0.3) is 0 Å². The molecular weight excluding hydrogens is 228 g/mol. The lowest BCUT2D eigenvalue weighted by Gasteiger charge is -2.15. The quantitative estimate of drug-likeness (QED) is 0.869. The van der Waals surface area contributed by atoms with Crippen LogP contribution in [-0.4, -0.2) is 5.11 Å². The van der Waals surface area contributed by atoms with Crippen LogP contribution < -0.4 is 0 Å². The fraction of sp³-hybridized carbons (Fsp3) is 0.333. The maximum absolute atomic E-state index is 10.3. The molecule has 0 aliphatic heterocycles. The molecule has 17 heavy (non-hydrogen) atoms. The highest BCUT2D eigenvalue weighted by atomic mass is 32.1. The zero-order valence-corrected chi connectivity index (χ0v) is 11.3. The Labute approximate surface area is 107 Å². The first-order valence-corrected chi connectivity index (χ1v) is 6.74. The minimum absolute atomic E-state index is 0.395. The molecule has 90 valence electrons. The van der Waals surface area contributed by atoms with Crippen LogP contribution in [0.4, 0.5) is 0 Å². The Hall–Kier alpha value is -1.12. The summed E-state index contributed by atoms with van der Waals surface area (Å²) >= 11 is 1.70. The van der Waals surface area contributed by atoms with E-state index in [2.05, 4.69) is 44.4 Å². The number of hydrogen-bond donors (Lipinski definition) is 1. The number of hydrogen-bond acceptors (Lipinski definition) is 2. The second-order valence-electron chi connectivity index (χ2n) is 4.59. The number of rotatable bonds is 3. The summed E-state index contributed by atoms with van der Waals surface area (Å²) in [7, 11) is 0. The normalized spacial score (nSPS) is 12.7. The number of aryl methyl sites for hydroxylation is 3. The van der Waals surface area contributed by atoms with Crippen molar-refractivity contribution in [3.63, 3.8) is 0 Å². The van der Waals surface area contributed by atoms with E-state index in [1.165, 1.54) is 21.6 Å². The number of benzene rings is 1. The Kier molecular flexibility index (Phi) is 3.65. The third-order valence-corrected chi connectivity index (χ3v) is 4.11. The van der Waals surface area contributed by atoms with Gasteiger partial charge in [0, 0.05) is 11.3 Å². The van der Waals surface area contributed by atoms with Crippen molar-refractivity contribution in [2.24, 2.45) is 0 Å². The molecule has 1 nitrogen and oxygen atoms in total.